The van der Waals surface area contributed by atoms with Crippen molar-refractivity contribution in [2.45, 2.75) is 18.5 Å². The fourth-order valence-electron chi connectivity index (χ4n) is 3.15. The monoisotopic (exact) mass is 241 g/mol. The lowest BCUT2D eigenvalue weighted by atomic mass is 10.2. The van der Waals surface area contributed by atoms with Crippen LogP contribution >= 0.6 is 0 Å². The molecule has 4 nitrogen and oxygen atoms in total. The second-order valence-corrected chi connectivity index (χ2v) is 5.22. The van der Waals surface area contributed by atoms with Gasteiger partial charge < -0.3 is 15.2 Å². The number of rotatable bonds is 1. The highest BCUT2D eigenvalue weighted by atomic mass is 16.2. The molecule has 1 aromatic carbocycles. The van der Waals surface area contributed by atoms with Crippen LogP contribution in [0.3, 0.4) is 0 Å². The molecular weight excluding hydrogens is 226 g/mol. The molecule has 2 bridgehead atoms. The van der Waals surface area contributed by atoms with Gasteiger partial charge in [-0.1, -0.05) is 18.2 Å². The number of fused-ring (bicyclic) bond motifs is 3. The van der Waals surface area contributed by atoms with Crippen LogP contribution in [0.1, 0.15) is 16.9 Å². The van der Waals surface area contributed by atoms with Gasteiger partial charge in [-0.15, -0.1) is 0 Å². The molecule has 2 aromatic rings. The zero-order valence-electron chi connectivity index (χ0n) is 10.0. The summed E-state index contributed by atoms with van der Waals surface area (Å²) in [5.74, 6) is 0.139. The summed E-state index contributed by atoms with van der Waals surface area (Å²) >= 11 is 0. The molecule has 0 radical (unpaired) electrons. The van der Waals surface area contributed by atoms with Gasteiger partial charge >= 0.3 is 0 Å². The Balaban J connectivity index is 1.68. The topological polar surface area (TPSA) is 48.1 Å². The van der Waals surface area contributed by atoms with E-state index in [4.69, 9.17) is 0 Å². The van der Waals surface area contributed by atoms with Crippen LogP contribution in [-0.2, 0) is 0 Å². The molecule has 92 valence electrons. The van der Waals surface area contributed by atoms with Crippen LogP contribution in [0, 0.1) is 0 Å². The van der Waals surface area contributed by atoms with E-state index >= 15 is 0 Å². The van der Waals surface area contributed by atoms with E-state index in [0.29, 0.717) is 17.8 Å². The van der Waals surface area contributed by atoms with Gasteiger partial charge in [0, 0.05) is 36.1 Å². The van der Waals surface area contributed by atoms with Crippen LogP contribution in [-0.4, -0.2) is 41.0 Å². The Morgan fingerprint density at radius 3 is 2.94 bits per heavy atom. The van der Waals surface area contributed by atoms with Crippen molar-refractivity contribution >= 4 is 16.8 Å². The van der Waals surface area contributed by atoms with Gasteiger partial charge in [0.05, 0.1) is 0 Å². The molecule has 4 rings (SSSR count). The number of hydrogen-bond donors (Lipinski definition) is 2. The van der Waals surface area contributed by atoms with Gasteiger partial charge in [0.15, 0.2) is 0 Å². The van der Waals surface area contributed by atoms with Crippen molar-refractivity contribution in [2.75, 3.05) is 13.1 Å². The molecule has 1 amide bonds. The third-order valence-electron chi connectivity index (χ3n) is 4.08. The number of nitrogens with zero attached hydrogens (tertiary/aromatic N) is 1. The van der Waals surface area contributed by atoms with Gasteiger partial charge in [0.25, 0.3) is 5.91 Å². The number of carbonyl (C=O) groups is 1. The van der Waals surface area contributed by atoms with E-state index in [1.807, 2.05) is 35.2 Å². The van der Waals surface area contributed by atoms with Gasteiger partial charge in [-0.3, -0.25) is 4.79 Å². The van der Waals surface area contributed by atoms with Crippen molar-refractivity contribution in [3.8, 4) is 0 Å². The first-order valence-corrected chi connectivity index (χ1v) is 6.43. The standard InChI is InChI=1S/C14H15N3O/c18-14(17-8-10-6-11(17)7-15-10)13-5-9-3-1-2-4-12(9)16-13/h1-5,10-11,15-16H,6-8H2/t10-,11+/m0/s1. The molecule has 0 aliphatic carbocycles. The summed E-state index contributed by atoms with van der Waals surface area (Å²) in [6, 6.07) is 10.8. The van der Waals surface area contributed by atoms with E-state index in [1.54, 1.807) is 0 Å². The predicted molar refractivity (Wildman–Crippen MR) is 69.5 cm³/mol. The lowest BCUT2D eigenvalue weighted by Crippen LogP contribution is -2.46. The van der Waals surface area contributed by atoms with Crippen molar-refractivity contribution in [1.29, 1.82) is 0 Å². The quantitative estimate of drug-likeness (QED) is 0.792. The van der Waals surface area contributed by atoms with Crippen molar-refractivity contribution < 1.29 is 4.79 Å². The number of hydrogen-bond acceptors (Lipinski definition) is 2. The summed E-state index contributed by atoms with van der Waals surface area (Å²) < 4.78 is 0. The van der Waals surface area contributed by atoms with Crippen LogP contribution in [0.5, 0.6) is 0 Å². The van der Waals surface area contributed by atoms with Gasteiger partial charge in [0.1, 0.15) is 5.69 Å². The maximum atomic E-state index is 12.5. The minimum absolute atomic E-state index is 0.139. The minimum Gasteiger partial charge on any atom is -0.351 e. The molecule has 2 aliphatic heterocycles. The van der Waals surface area contributed by atoms with E-state index in [9.17, 15) is 4.79 Å². The molecule has 3 heterocycles. The zero-order valence-corrected chi connectivity index (χ0v) is 10.0. The summed E-state index contributed by atoms with van der Waals surface area (Å²) in [5, 5.41) is 4.52. The minimum atomic E-state index is 0.139. The number of H-pyrrole nitrogens is 1. The number of benzene rings is 1. The fraction of sp³-hybridized carbons (Fsp3) is 0.357. The van der Waals surface area contributed by atoms with Crippen molar-refractivity contribution in [3.05, 3.63) is 36.0 Å². The van der Waals surface area contributed by atoms with E-state index < -0.39 is 0 Å². The highest BCUT2D eigenvalue weighted by Gasteiger charge is 2.40. The predicted octanol–water partition coefficient (Wildman–Crippen LogP) is 1.35. The number of carbonyl (C=O) groups excluding carboxylic acids is 1. The molecule has 18 heavy (non-hydrogen) atoms. The summed E-state index contributed by atoms with van der Waals surface area (Å²) in [7, 11) is 0. The van der Waals surface area contributed by atoms with Crippen molar-refractivity contribution in [2.24, 2.45) is 0 Å². The number of para-hydroxylation sites is 1. The second-order valence-electron chi connectivity index (χ2n) is 5.22. The third kappa shape index (κ3) is 1.39. The lowest BCUT2D eigenvalue weighted by Gasteiger charge is -2.26. The van der Waals surface area contributed by atoms with Crippen LogP contribution < -0.4 is 5.32 Å². The summed E-state index contributed by atoms with van der Waals surface area (Å²) in [4.78, 5) is 17.7. The average molecular weight is 241 g/mol. The fourth-order valence-corrected chi connectivity index (χ4v) is 3.15. The highest BCUT2D eigenvalue weighted by molar-refractivity contribution is 5.98. The number of likely N-dealkylation sites (tertiary alicyclic amines) is 1. The van der Waals surface area contributed by atoms with Gasteiger partial charge in [-0.25, -0.2) is 0 Å². The Hall–Kier alpha value is -1.81. The third-order valence-corrected chi connectivity index (χ3v) is 4.08. The first-order valence-electron chi connectivity index (χ1n) is 6.43. The van der Waals surface area contributed by atoms with E-state index in [1.165, 1.54) is 0 Å². The Morgan fingerprint density at radius 2 is 2.22 bits per heavy atom. The summed E-state index contributed by atoms with van der Waals surface area (Å²) in [6.07, 6.45) is 1.10. The smallest absolute Gasteiger partial charge is 0.270 e. The molecule has 2 saturated heterocycles. The van der Waals surface area contributed by atoms with Crippen LogP contribution in [0.4, 0.5) is 0 Å². The highest BCUT2D eigenvalue weighted by Crippen LogP contribution is 2.25. The van der Waals surface area contributed by atoms with E-state index in [2.05, 4.69) is 10.3 Å². The molecule has 0 saturated carbocycles. The number of nitrogens with one attached hydrogen (secondary N) is 2. The number of amides is 1. The van der Waals surface area contributed by atoms with Crippen LogP contribution in [0.2, 0.25) is 0 Å². The molecule has 1 aromatic heterocycles. The van der Waals surface area contributed by atoms with E-state index in [0.717, 1.165) is 30.4 Å². The van der Waals surface area contributed by atoms with Crippen LogP contribution in [0.15, 0.2) is 30.3 Å². The summed E-state index contributed by atoms with van der Waals surface area (Å²) in [5.41, 5.74) is 1.74. The van der Waals surface area contributed by atoms with Gasteiger partial charge in [-0.2, -0.15) is 0 Å². The molecule has 4 heteroatoms. The molecular formula is C14H15N3O. The maximum Gasteiger partial charge on any atom is 0.270 e. The lowest BCUT2D eigenvalue weighted by molar-refractivity contribution is 0.0711. The second kappa shape index (κ2) is 3.59. The number of piperazine rings is 1. The Bertz CT molecular complexity index is 585. The molecule has 0 spiro atoms. The average Bonchev–Trinajstić information content (AvgIpc) is 3.11. The molecule has 2 N–H and O–H groups in total. The summed E-state index contributed by atoms with van der Waals surface area (Å²) in [6.45, 7) is 1.79. The molecule has 2 fully saturated rings. The first kappa shape index (κ1) is 10.1. The Labute approximate surface area is 105 Å². The van der Waals surface area contributed by atoms with Gasteiger partial charge in [0.2, 0.25) is 0 Å². The number of aromatic amines is 1. The van der Waals surface area contributed by atoms with Crippen LogP contribution in [0.25, 0.3) is 10.9 Å². The van der Waals surface area contributed by atoms with Gasteiger partial charge in [-0.05, 0) is 18.6 Å². The Morgan fingerprint density at radius 1 is 1.33 bits per heavy atom. The largest absolute Gasteiger partial charge is 0.351 e. The number of aromatic nitrogens is 1. The maximum absolute atomic E-state index is 12.5. The normalized spacial score (nSPS) is 26.1. The zero-order chi connectivity index (χ0) is 12.1. The van der Waals surface area contributed by atoms with Crippen molar-refractivity contribution in [3.63, 3.8) is 0 Å². The first-order chi connectivity index (χ1) is 8.81. The van der Waals surface area contributed by atoms with E-state index in [-0.39, 0.29) is 5.91 Å². The molecule has 0 unspecified atom stereocenters. The van der Waals surface area contributed by atoms with Crippen molar-refractivity contribution in [1.82, 2.24) is 15.2 Å². The Kier molecular flexibility index (Phi) is 2.02. The SMILES string of the molecule is O=C(c1cc2ccccc2[nH]1)N1C[C@@H]2C[C@@H]1CN2. The molecule has 2 atom stereocenters. The molecule has 2 aliphatic rings.